The third-order valence-electron chi connectivity index (χ3n) is 4.82. The Morgan fingerprint density at radius 3 is 2.30 bits per heavy atom. The summed E-state index contributed by atoms with van der Waals surface area (Å²) in [4.78, 5) is 28.0. The minimum atomic E-state index is -0.611. The lowest BCUT2D eigenvalue weighted by Gasteiger charge is -2.33. The van der Waals surface area contributed by atoms with E-state index in [1.165, 1.54) is 0 Å². The number of benzene rings is 2. The van der Waals surface area contributed by atoms with Crippen molar-refractivity contribution in [1.29, 1.82) is 0 Å². The van der Waals surface area contributed by atoms with Crippen LogP contribution in [0.5, 0.6) is 0 Å². The molecule has 30 heavy (non-hydrogen) atoms. The Labute approximate surface area is 184 Å². The van der Waals surface area contributed by atoms with E-state index in [1.807, 2.05) is 56.3 Å². The van der Waals surface area contributed by atoms with Gasteiger partial charge in [0.2, 0.25) is 11.8 Å². The molecule has 2 amide bonds. The van der Waals surface area contributed by atoms with Crippen LogP contribution in [0.3, 0.4) is 0 Å². The molecule has 0 radical (unpaired) electrons. The van der Waals surface area contributed by atoms with Crippen molar-refractivity contribution in [3.8, 4) is 0 Å². The van der Waals surface area contributed by atoms with Gasteiger partial charge in [0, 0.05) is 44.2 Å². The van der Waals surface area contributed by atoms with E-state index >= 15 is 0 Å². The second-order valence-corrected chi connectivity index (χ2v) is 8.03. The fourth-order valence-corrected chi connectivity index (χ4v) is 3.31. The molecule has 5 nitrogen and oxygen atoms in total. The van der Waals surface area contributed by atoms with Crippen LogP contribution in [0.15, 0.2) is 54.6 Å². The Bertz CT molecular complexity index is 794. The van der Waals surface area contributed by atoms with Gasteiger partial charge in [-0.2, -0.15) is 0 Å². The average molecular weight is 431 g/mol. The van der Waals surface area contributed by atoms with Gasteiger partial charge in [0.25, 0.3) is 0 Å². The zero-order valence-corrected chi connectivity index (χ0v) is 18.7. The zero-order chi connectivity index (χ0) is 21.9. The van der Waals surface area contributed by atoms with E-state index in [0.29, 0.717) is 31.1 Å². The quantitative estimate of drug-likeness (QED) is 0.546. The van der Waals surface area contributed by atoms with Crippen LogP contribution in [0.25, 0.3) is 0 Å². The minimum absolute atomic E-state index is 0.0575. The number of hydrogen-bond acceptors (Lipinski definition) is 3. The van der Waals surface area contributed by atoms with Crippen molar-refractivity contribution >= 4 is 23.4 Å². The molecular formula is C24H31ClN2O3. The standard InChI is InChI=1S/C24H31ClN2O3/c1-18(2)24(29)27(17-20-10-12-21(25)13-11-20)22(16-19-8-5-4-6-9-19)23(28)26-14-7-15-30-3/h4-6,8-13,18,22H,7,14-17H2,1-3H3,(H,26,28)/t22-/m0/s1. The Kier molecular flexibility index (Phi) is 9.84. The van der Waals surface area contributed by atoms with Gasteiger partial charge in [-0.3, -0.25) is 9.59 Å². The Hall–Kier alpha value is -2.37. The summed E-state index contributed by atoms with van der Waals surface area (Å²) in [6, 6.07) is 16.5. The van der Waals surface area contributed by atoms with Crippen LogP contribution in [0, 0.1) is 5.92 Å². The van der Waals surface area contributed by atoms with Crippen LogP contribution in [0.1, 0.15) is 31.4 Å². The molecule has 1 N–H and O–H groups in total. The number of methoxy groups -OCH3 is 1. The fourth-order valence-electron chi connectivity index (χ4n) is 3.19. The van der Waals surface area contributed by atoms with Crippen LogP contribution in [-0.2, 0) is 27.3 Å². The van der Waals surface area contributed by atoms with E-state index in [2.05, 4.69) is 5.32 Å². The predicted molar refractivity (Wildman–Crippen MR) is 120 cm³/mol. The molecule has 0 aliphatic carbocycles. The first-order valence-electron chi connectivity index (χ1n) is 10.3. The van der Waals surface area contributed by atoms with Gasteiger partial charge in [-0.1, -0.05) is 67.9 Å². The summed E-state index contributed by atoms with van der Waals surface area (Å²) < 4.78 is 5.06. The first kappa shape index (κ1) is 23.9. The number of halogens is 1. The van der Waals surface area contributed by atoms with E-state index in [1.54, 1.807) is 24.1 Å². The molecule has 0 bridgehead atoms. The number of ether oxygens (including phenoxy) is 1. The number of carbonyl (C=O) groups is 2. The summed E-state index contributed by atoms with van der Waals surface area (Å²) in [6.45, 7) is 5.13. The summed E-state index contributed by atoms with van der Waals surface area (Å²) in [7, 11) is 1.63. The largest absolute Gasteiger partial charge is 0.385 e. The molecular weight excluding hydrogens is 400 g/mol. The molecule has 0 saturated heterocycles. The summed E-state index contributed by atoms with van der Waals surface area (Å²) in [5, 5.41) is 3.61. The van der Waals surface area contributed by atoms with E-state index < -0.39 is 6.04 Å². The maximum Gasteiger partial charge on any atom is 0.243 e. The minimum Gasteiger partial charge on any atom is -0.385 e. The fraction of sp³-hybridized carbons (Fsp3) is 0.417. The predicted octanol–water partition coefficient (Wildman–Crippen LogP) is 4.09. The first-order valence-corrected chi connectivity index (χ1v) is 10.7. The lowest BCUT2D eigenvalue weighted by molar-refractivity contribution is -0.143. The summed E-state index contributed by atoms with van der Waals surface area (Å²) >= 11 is 6.01. The number of rotatable bonds is 11. The highest BCUT2D eigenvalue weighted by Crippen LogP contribution is 2.18. The molecule has 162 valence electrons. The van der Waals surface area contributed by atoms with Gasteiger partial charge in [-0.25, -0.2) is 0 Å². The maximum atomic E-state index is 13.2. The molecule has 0 heterocycles. The number of carbonyl (C=O) groups excluding carboxylic acids is 2. The number of nitrogens with zero attached hydrogens (tertiary/aromatic N) is 1. The van der Waals surface area contributed by atoms with Gasteiger partial charge in [0.05, 0.1) is 0 Å². The van der Waals surface area contributed by atoms with Crippen molar-refractivity contribution in [2.24, 2.45) is 5.92 Å². The van der Waals surface area contributed by atoms with Gasteiger partial charge in [-0.15, -0.1) is 0 Å². The van der Waals surface area contributed by atoms with Crippen molar-refractivity contribution in [2.45, 2.75) is 39.3 Å². The molecule has 0 aliphatic rings. The third-order valence-corrected chi connectivity index (χ3v) is 5.07. The molecule has 2 aromatic rings. The summed E-state index contributed by atoms with van der Waals surface area (Å²) in [6.07, 6.45) is 1.17. The van der Waals surface area contributed by atoms with Gasteiger partial charge >= 0.3 is 0 Å². The number of nitrogens with one attached hydrogen (secondary N) is 1. The molecule has 0 aromatic heterocycles. The molecule has 0 unspecified atom stereocenters. The lowest BCUT2D eigenvalue weighted by Crippen LogP contribution is -2.51. The van der Waals surface area contributed by atoms with Crippen molar-refractivity contribution in [3.63, 3.8) is 0 Å². The molecule has 2 rings (SSSR count). The highest BCUT2D eigenvalue weighted by molar-refractivity contribution is 6.30. The van der Waals surface area contributed by atoms with Crippen LogP contribution >= 0.6 is 11.6 Å². The smallest absolute Gasteiger partial charge is 0.243 e. The van der Waals surface area contributed by atoms with E-state index in [4.69, 9.17) is 16.3 Å². The van der Waals surface area contributed by atoms with Gasteiger partial charge < -0.3 is 15.0 Å². The topological polar surface area (TPSA) is 58.6 Å². The molecule has 1 atom stereocenters. The normalized spacial score (nSPS) is 11.9. The molecule has 0 spiro atoms. The summed E-state index contributed by atoms with van der Waals surface area (Å²) in [5.41, 5.74) is 1.94. The molecule has 0 fully saturated rings. The molecule has 0 aliphatic heterocycles. The lowest BCUT2D eigenvalue weighted by atomic mass is 10.0. The number of hydrogen-bond donors (Lipinski definition) is 1. The van der Waals surface area contributed by atoms with Crippen LogP contribution in [0.4, 0.5) is 0 Å². The van der Waals surface area contributed by atoms with Crippen molar-refractivity contribution in [2.75, 3.05) is 20.3 Å². The van der Waals surface area contributed by atoms with Crippen molar-refractivity contribution in [3.05, 3.63) is 70.7 Å². The SMILES string of the molecule is COCCCNC(=O)[C@H](Cc1ccccc1)N(Cc1ccc(Cl)cc1)C(=O)C(C)C. The van der Waals surface area contributed by atoms with E-state index in [9.17, 15) is 9.59 Å². The van der Waals surface area contributed by atoms with Crippen LogP contribution < -0.4 is 5.32 Å². The highest BCUT2D eigenvalue weighted by atomic mass is 35.5. The van der Waals surface area contributed by atoms with Gasteiger partial charge in [0.15, 0.2) is 0 Å². The van der Waals surface area contributed by atoms with Gasteiger partial charge in [0.1, 0.15) is 6.04 Å². The second-order valence-electron chi connectivity index (χ2n) is 7.59. The summed E-state index contributed by atoms with van der Waals surface area (Å²) in [5.74, 6) is -0.437. The maximum absolute atomic E-state index is 13.2. The van der Waals surface area contributed by atoms with Crippen molar-refractivity contribution < 1.29 is 14.3 Å². The number of amides is 2. The van der Waals surface area contributed by atoms with Crippen LogP contribution in [0.2, 0.25) is 5.02 Å². The molecule has 0 saturated carbocycles. The Morgan fingerprint density at radius 2 is 1.70 bits per heavy atom. The molecule has 6 heteroatoms. The van der Waals surface area contributed by atoms with E-state index in [-0.39, 0.29) is 17.7 Å². The van der Waals surface area contributed by atoms with E-state index in [0.717, 1.165) is 17.5 Å². The third kappa shape index (κ3) is 7.47. The van der Waals surface area contributed by atoms with Gasteiger partial charge in [-0.05, 0) is 29.7 Å². The highest BCUT2D eigenvalue weighted by Gasteiger charge is 2.31. The zero-order valence-electron chi connectivity index (χ0n) is 17.9. The first-order chi connectivity index (χ1) is 14.4. The molecule has 2 aromatic carbocycles. The Morgan fingerprint density at radius 1 is 1.03 bits per heavy atom. The second kappa shape index (κ2) is 12.4. The monoisotopic (exact) mass is 430 g/mol. The van der Waals surface area contributed by atoms with Crippen LogP contribution in [-0.4, -0.2) is 43.0 Å². The van der Waals surface area contributed by atoms with Crippen molar-refractivity contribution in [1.82, 2.24) is 10.2 Å². The average Bonchev–Trinajstić information content (AvgIpc) is 2.75. The Balaban J connectivity index is 2.30.